The highest BCUT2D eigenvalue weighted by Crippen LogP contribution is 2.15. The van der Waals surface area contributed by atoms with Crippen molar-refractivity contribution < 1.29 is 9.47 Å². The minimum absolute atomic E-state index is 0.0574. The van der Waals surface area contributed by atoms with Gasteiger partial charge in [0, 0.05) is 13.7 Å². The third-order valence-corrected chi connectivity index (χ3v) is 2.55. The minimum Gasteiger partial charge on any atom is -0.487 e. The zero-order chi connectivity index (χ0) is 12.5. The molecule has 0 aromatic heterocycles. The van der Waals surface area contributed by atoms with E-state index in [0.717, 1.165) is 18.7 Å². The van der Waals surface area contributed by atoms with E-state index in [0.29, 0.717) is 6.61 Å². The molecule has 0 spiro atoms. The third kappa shape index (κ3) is 5.20. The number of likely N-dealkylation sites (N-methyl/N-ethyl adjacent to an activating group) is 1. The smallest absolute Gasteiger partial charge is 0.134 e. The van der Waals surface area contributed by atoms with E-state index < -0.39 is 0 Å². The van der Waals surface area contributed by atoms with Crippen molar-refractivity contribution in [2.24, 2.45) is 0 Å². The van der Waals surface area contributed by atoms with Gasteiger partial charge in [0.15, 0.2) is 0 Å². The lowest BCUT2D eigenvalue weighted by Crippen LogP contribution is -2.33. The molecule has 1 N–H and O–H groups in total. The van der Waals surface area contributed by atoms with E-state index in [9.17, 15) is 0 Å². The Morgan fingerprint density at radius 3 is 2.47 bits per heavy atom. The Bertz CT molecular complexity index is 292. The average Bonchev–Trinajstić information content (AvgIpc) is 2.33. The molecule has 0 radical (unpaired) electrons. The Balaban J connectivity index is 2.53. The molecule has 0 heterocycles. The van der Waals surface area contributed by atoms with Gasteiger partial charge < -0.3 is 14.8 Å². The summed E-state index contributed by atoms with van der Waals surface area (Å²) < 4.78 is 11.0. The molecule has 3 nitrogen and oxygen atoms in total. The van der Waals surface area contributed by atoms with Gasteiger partial charge in [0.25, 0.3) is 0 Å². The molecule has 3 heteroatoms. The summed E-state index contributed by atoms with van der Waals surface area (Å²) in [6.45, 7) is 3.56. The lowest BCUT2D eigenvalue weighted by atomic mass is 10.1. The predicted octanol–water partition coefficient (Wildman–Crippen LogP) is 2.25. The number of ether oxygens (including phenoxy) is 2. The molecule has 17 heavy (non-hydrogen) atoms. The largest absolute Gasteiger partial charge is 0.487 e. The van der Waals surface area contributed by atoms with E-state index >= 15 is 0 Å². The highest BCUT2D eigenvalue weighted by atomic mass is 16.5. The fourth-order valence-corrected chi connectivity index (χ4v) is 1.76. The SMILES string of the molecule is CCCc1ccc(OC(CNC)COC)cc1. The summed E-state index contributed by atoms with van der Waals surface area (Å²) in [5.74, 6) is 0.905. The number of aryl methyl sites for hydroxylation is 1. The fourth-order valence-electron chi connectivity index (χ4n) is 1.76. The van der Waals surface area contributed by atoms with Crippen molar-refractivity contribution in [3.8, 4) is 5.75 Å². The van der Waals surface area contributed by atoms with Gasteiger partial charge in [0.05, 0.1) is 6.61 Å². The van der Waals surface area contributed by atoms with Crippen LogP contribution in [0.1, 0.15) is 18.9 Å². The second kappa shape index (κ2) is 8.09. The molecule has 1 aromatic carbocycles. The van der Waals surface area contributed by atoms with Gasteiger partial charge in [-0.3, -0.25) is 0 Å². The van der Waals surface area contributed by atoms with Crippen molar-refractivity contribution in [2.75, 3.05) is 27.3 Å². The van der Waals surface area contributed by atoms with Crippen LogP contribution in [-0.4, -0.2) is 33.4 Å². The molecule has 1 rings (SSSR count). The molecule has 1 aromatic rings. The lowest BCUT2D eigenvalue weighted by Gasteiger charge is -2.18. The molecule has 0 amide bonds. The summed E-state index contributed by atoms with van der Waals surface area (Å²) in [5.41, 5.74) is 1.36. The molecule has 0 fully saturated rings. The Labute approximate surface area is 104 Å². The van der Waals surface area contributed by atoms with Crippen molar-refractivity contribution in [2.45, 2.75) is 25.9 Å². The monoisotopic (exact) mass is 237 g/mol. The first-order valence-corrected chi connectivity index (χ1v) is 6.19. The Hall–Kier alpha value is -1.06. The van der Waals surface area contributed by atoms with Gasteiger partial charge in [-0.2, -0.15) is 0 Å². The minimum atomic E-state index is 0.0574. The Morgan fingerprint density at radius 2 is 1.94 bits per heavy atom. The average molecular weight is 237 g/mol. The molecule has 96 valence electrons. The van der Waals surface area contributed by atoms with Gasteiger partial charge in [-0.05, 0) is 31.2 Å². The summed E-state index contributed by atoms with van der Waals surface area (Å²) in [5, 5.41) is 3.10. The first-order valence-electron chi connectivity index (χ1n) is 6.19. The van der Waals surface area contributed by atoms with Gasteiger partial charge in [-0.1, -0.05) is 25.5 Å². The normalized spacial score (nSPS) is 12.4. The van der Waals surface area contributed by atoms with E-state index in [1.54, 1.807) is 7.11 Å². The van der Waals surface area contributed by atoms with Gasteiger partial charge in [-0.15, -0.1) is 0 Å². The molecule has 0 saturated heterocycles. The van der Waals surface area contributed by atoms with Crippen LogP contribution in [-0.2, 0) is 11.2 Å². The second-order valence-electron chi connectivity index (χ2n) is 4.15. The van der Waals surface area contributed by atoms with E-state index in [2.05, 4.69) is 24.4 Å². The van der Waals surface area contributed by atoms with Crippen molar-refractivity contribution in [1.29, 1.82) is 0 Å². The van der Waals surface area contributed by atoms with Crippen molar-refractivity contribution >= 4 is 0 Å². The van der Waals surface area contributed by atoms with Crippen LogP contribution in [0.15, 0.2) is 24.3 Å². The van der Waals surface area contributed by atoms with Gasteiger partial charge in [0.1, 0.15) is 11.9 Å². The molecule has 1 unspecified atom stereocenters. The maximum absolute atomic E-state index is 5.84. The zero-order valence-corrected chi connectivity index (χ0v) is 11.0. The standard InChI is InChI=1S/C14H23NO2/c1-4-5-12-6-8-13(9-7-12)17-14(10-15-2)11-16-3/h6-9,14-15H,4-5,10-11H2,1-3H3. The van der Waals surface area contributed by atoms with Crippen LogP contribution in [0.25, 0.3) is 0 Å². The third-order valence-electron chi connectivity index (χ3n) is 2.55. The van der Waals surface area contributed by atoms with Gasteiger partial charge in [0.2, 0.25) is 0 Å². The number of nitrogens with one attached hydrogen (secondary N) is 1. The lowest BCUT2D eigenvalue weighted by molar-refractivity contribution is 0.0818. The summed E-state index contributed by atoms with van der Waals surface area (Å²) in [6, 6.07) is 8.32. The first kappa shape index (κ1) is 14.0. The quantitative estimate of drug-likeness (QED) is 0.752. The molecular weight excluding hydrogens is 214 g/mol. The number of methoxy groups -OCH3 is 1. The molecule has 1 atom stereocenters. The molecule has 0 bridgehead atoms. The zero-order valence-electron chi connectivity index (χ0n) is 11.0. The van der Waals surface area contributed by atoms with Crippen LogP contribution < -0.4 is 10.1 Å². The second-order valence-corrected chi connectivity index (χ2v) is 4.15. The van der Waals surface area contributed by atoms with Crippen molar-refractivity contribution in [3.63, 3.8) is 0 Å². The van der Waals surface area contributed by atoms with E-state index in [1.807, 2.05) is 19.2 Å². The van der Waals surface area contributed by atoms with Gasteiger partial charge in [-0.25, -0.2) is 0 Å². The van der Waals surface area contributed by atoms with Crippen LogP contribution in [0.2, 0.25) is 0 Å². The fraction of sp³-hybridized carbons (Fsp3) is 0.571. The number of hydrogen-bond acceptors (Lipinski definition) is 3. The van der Waals surface area contributed by atoms with E-state index in [-0.39, 0.29) is 6.10 Å². The van der Waals surface area contributed by atoms with Crippen LogP contribution in [0.3, 0.4) is 0 Å². The highest BCUT2D eigenvalue weighted by molar-refractivity contribution is 5.27. The Kier molecular flexibility index (Phi) is 6.67. The molecule has 0 aliphatic rings. The van der Waals surface area contributed by atoms with Crippen LogP contribution >= 0.6 is 0 Å². The van der Waals surface area contributed by atoms with Crippen LogP contribution in [0.4, 0.5) is 0 Å². The number of rotatable bonds is 8. The highest BCUT2D eigenvalue weighted by Gasteiger charge is 2.08. The van der Waals surface area contributed by atoms with Crippen LogP contribution in [0.5, 0.6) is 5.75 Å². The molecule has 0 aliphatic heterocycles. The van der Waals surface area contributed by atoms with Gasteiger partial charge >= 0.3 is 0 Å². The Morgan fingerprint density at radius 1 is 1.24 bits per heavy atom. The predicted molar refractivity (Wildman–Crippen MR) is 70.7 cm³/mol. The molecule has 0 aliphatic carbocycles. The maximum Gasteiger partial charge on any atom is 0.134 e. The molecule has 0 saturated carbocycles. The number of benzene rings is 1. The first-order chi connectivity index (χ1) is 8.30. The summed E-state index contributed by atoms with van der Waals surface area (Å²) in [7, 11) is 3.60. The van der Waals surface area contributed by atoms with Crippen molar-refractivity contribution in [3.05, 3.63) is 29.8 Å². The summed E-state index contributed by atoms with van der Waals surface area (Å²) in [6.07, 6.45) is 2.35. The van der Waals surface area contributed by atoms with E-state index in [4.69, 9.17) is 9.47 Å². The number of hydrogen-bond donors (Lipinski definition) is 1. The topological polar surface area (TPSA) is 30.5 Å². The van der Waals surface area contributed by atoms with E-state index in [1.165, 1.54) is 12.0 Å². The van der Waals surface area contributed by atoms with Crippen LogP contribution in [0, 0.1) is 0 Å². The maximum atomic E-state index is 5.84. The van der Waals surface area contributed by atoms with Crippen molar-refractivity contribution in [1.82, 2.24) is 5.32 Å². The molecular formula is C14H23NO2. The summed E-state index contributed by atoms with van der Waals surface area (Å²) >= 11 is 0. The summed E-state index contributed by atoms with van der Waals surface area (Å²) in [4.78, 5) is 0.